The van der Waals surface area contributed by atoms with E-state index in [-0.39, 0.29) is 0 Å². The van der Waals surface area contributed by atoms with Gasteiger partial charge >= 0.3 is 6.01 Å². The molecule has 1 aliphatic rings. The molecule has 1 aliphatic carbocycles. The second-order valence-electron chi connectivity index (χ2n) is 4.36. The zero-order valence-corrected chi connectivity index (χ0v) is 9.29. The van der Waals surface area contributed by atoms with Crippen molar-refractivity contribution in [3.05, 3.63) is 5.89 Å². The van der Waals surface area contributed by atoms with Gasteiger partial charge < -0.3 is 15.1 Å². The monoisotopic (exact) mass is 210 g/mol. The molecule has 2 rings (SSSR count). The summed E-state index contributed by atoms with van der Waals surface area (Å²) in [4.78, 5) is 0. The Morgan fingerprint density at radius 2 is 2.20 bits per heavy atom. The van der Waals surface area contributed by atoms with Crippen molar-refractivity contribution in [3.63, 3.8) is 0 Å². The van der Waals surface area contributed by atoms with Crippen molar-refractivity contribution in [3.8, 4) is 0 Å². The summed E-state index contributed by atoms with van der Waals surface area (Å²) in [5, 5.41) is 14.2. The molecular formula is C10H18N4O. The summed E-state index contributed by atoms with van der Waals surface area (Å²) in [7, 11) is 0. The van der Waals surface area contributed by atoms with Crippen LogP contribution in [0, 0.1) is 5.92 Å². The maximum Gasteiger partial charge on any atom is 0.315 e. The van der Waals surface area contributed by atoms with E-state index in [9.17, 15) is 0 Å². The van der Waals surface area contributed by atoms with Crippen LogP contribution in [0.3, 0.4) is 0 Å². The minimum absolute atomic E-state index is 0.430. The summed E-state index contributed by atoms with van der Waals surface area (Å²) in [5.74, 6) is 1.45. The molecule has 1 heterocycles. The molecule has 0 amide bonds. The van der Waals surface area contributed by atoms with Crippen molar-refractivity contribution >= 4 is 6.01 Å². The van der Waals surface area contributed by atoms with E-state index in [4.69, 9.17) is 4.42 Å². The van der Waals surface area contributed by atoms with Gasteiger partial charge in [-0.25, -0.2) is 0 Å². The zero-order valence-electron chi connectivity index (χ0n) is 9.29. The molecule has 1 fully saturated rings. The Morgan fingerprint density at radius 3 is 2.87 bits per heavy atom. The third-order valence-corrected chi connectivity index (χ3v) is 2.37. The predicted molar refractivity (Wildman–Crippen MR) is 57.5 cm³/mol. The summed E-state index contributed by atoms with van der Waals surface area (Å²) in [6, 6.07) is 0.974. The summed E-state index contributed by atoms with van der Waals surface area (Å²) in [6.07, 6.45) is 2.64. The molecule has 0 spiro atoms. The molecule has 0 bridgehead atoms. The van der Waals surface area contributed by atoms with Gasteiger partial charge in [-0.2, -0.15) is 0 Å². The van der Waals surface area contributed by atoms with Gasteiger partial charge in [0.15, 0.2) is 0 Å². The van der Waals surface area contributed by atoms with Crippen molar-refractivity contribution in [2.45, 2.75) is 39.3 Å². The van der Waals surface area contributed by atoms with E-state index in [1.54, 1.807) is 0 Å². The molecule has 0 atom stereocenters. The van der Waals surface area contributed by atoms with Crippen molar-refractivity contribution in [1.82, 2.24) is 15.5 Å². The number of nitrogens with one attached hydrogen (secondary N) is 2. The summed E-state index contributed by atoms with van der Waals surface area (Å²) in [5.41, 5.74) is 0. The van der Waals surface area contributed by atoms with Crippen LogP contribution in [0.25, 0.3) is 0 Å². The lowest BCUT2D eigenvalue weighted by molar-refractivity contribution is 0.458. The first-order valence-corrected chi connectivity index (χ1v) is 5.53. The van der Waals surface area contributed by atoms with Gasteiger partial charge in [0.2, 0.25) is 5.89 Å². The van der Waals surface area contributed by atoms with Crippen molar-refractivity contribution < 1.29 is 4.42 Å². The van der Waals surface area contributed by atoms with E-state index in [0.717, 1.165) is 12.5 Å². The SMILES string of the molecule is CC(C)NCc1nnc(NCC2CC2)o1. The van der Waals surface area contributed by atoms with Crippen molar-refractivity contribution in [1.29, 1.82) is 0 Å². The highest BCUT2D eigenvalue weighted by molar-refractivity contribution is 5.17. The molecule has 0 unspecified atom stereocenters. The van der Waals surface area contributed by atoms with E-state index in [1.165, 1.54) is 12.8 Å². The molecule has 15 heavy (non-hydrogen) atoms. The molecule has 5 heteroatoms. The third kappa shape index (κ3) is 3.51. The fourth-order valence-corrected chi connectivity index (χ4v) is 1.24. The van der Waals surface area contributed by atoms with Gasteiger partial charge in [-0.05, 0) is 18.8 Å². The highest BCUT2D eigenvalue weighted by Crippen LogP contribution is 2.28. The molecule has 84 valence electrons. The lowest BCUT2D eigenvalue weighted by Crippen LogP contribution is -2.21. The summed E-state index contributed by atoms with van der Waals surface area (Å²) < 4.78 is 5.42. The molecule has 0 radical (unpaired) electrons. The van der Waals surface area contributed by atoms with Crippen LogP contribution in [0.2, 0.25) is 0 Å². The Morgan fingerprint density at radius 1 is 1.40 bits per heavy atom. The molecule has 2 N–H and O–H groups in total. The normalized spacial score (nSPS) is 15.9. The largest absolute Gasteiger partial charge is 0.407 e. The zero-order chi connectivity index (χ0) is 10.7. The van der Waals surface area contributed by atoms with Crippen LogP contribution in [0.15, 0.2) is 4.42 Å². The van der Waals surface area contributed by atoms with Crippen LogP contribution in [0.1, 0.15) is 32.6 Å². The van der Waals surface area contributed by atoms with Crippen LogP contribution in [-0.4, -0.2) is 22.8 Å². The van der Waals surface area contributed by atoms with Gasteiger partial charge in [0.1, 0.15) is 0 Å². The minimum Gasteiger partial charge on any atom is -0.407 e. The summed E-state index contributed by atoms with van der Waals surface area (Å²) >= 11 is 0. The second-order valence-corrected chi connectivity index (χ2v) is 4.36. The number of hydrogen-bond donors (Lipinski definition) is 2. The van der Waals surface area contributed by atoms with Gasteiger partial charge in [-0.3, -0.25) is 0 Å². The van der Waals surface area contributed by atoms with Crippen molar-refractivity contribution in [2.24, 2.45) is 5.92 Å². The number of hydrogen-bond acceptors (Lipinski definition) is 5. The Labute approximate surface area is 89.6 Å². The van der Waals surface area contributed by atoms with Crippen molar-refractivity contribution in [2.75, 3.05) is 11.9 Å². The maximum atomic E-state index is 5.42. The van der Waals surface area contributed by atoms with E-state index >= 15 is 0 Å². The smallest absolute Gasteiger partial charge is 0.315 e. The first-order chi connectivity index (χ1) is 7.24. The van der Waals surface area contributed by atoms with Crippen LogP contribution in [0.4, 0.5) is 6.01 Å². The highest BCUT2D eigenvalue weighted by Gasteiger charge is 2.21. The second kappa shape index (κ2) is 4.61. The first kappa shape index (κ1) is 10.4. The molecule has 5 nitrogen and oxygen atoms in total. The summed E-state index contributed by atoms with van der Waals surface area (Å²) in [6.45, 7) is 5.76. The van der Waals surface area contributed by atoms with Crippen LogP contribution >= 0.6 is 0 Å². The predicted octanol–water partition coefficient (Wildman–Crippen LogP) is 1.39. The van der Waals surface area contributed by atoms with Gasteiger partial charge in [-0.1, -0.05) is 18.9 Å². The topological polar surface area (TPSA) is 63.0 Å². The first-order valence-electron chi connectivity index (χ1n) is 5.53. The Bertz CT molecular complexity index is 286. The van der Waals surface area contributed by atoms with E-state index in [2.05, 4.69) is 34.7 Å². The number of aromatic nitrogens is 2. The number of nitrogens with zero attached hydrogens (tertiary/aromatic N) is 2. The average Bonchev–Trinajstić information content (AvgIpc) is 2.92. The molecule has 0 aromatic carbocycles. The quantitative estimate of drug-likeness (QED) is 0.743. The van der Waals surface area contributed by atoms with Crippen LogP contribution in [-0.2, 0) is 6.54 Å². The van der Waals surface area contributed by atoms with E-state index in [0.29, 0.717) is 24.5 Å². The third-order valence-electron chi connectivity index (χ3n) is 2.37. The van der Waals surface area contributed by atoms with Gasteiger partial charge in [0.25, 0.3) is 0 Å². The molecule has 1 saturated carbocycles. The molecule has 1 aromatic rings. The van der Waals surface area contributed by atoms with E-state index < -0.39 is 0 Å². The lowest BCUT2D eigenvalue weighted by atomic mass is 10.4. The Hall–Kier alpha value is -1.10. The van der Waals surface area contributed by atoms with Crippen LogP contribution in [0.5, 0.6) is 0 Å². The molecule has 1 aromatic heterocycles. The van der Waals surface area contributed by atoms with Gasteiger partial charge in [-0.15, -0.1) is 5.10 Å². The molecule has 0 aliphatic heterocycles. The average molecular weight is 210 g/mol. The Kier molecular flexibility index (Phi) is 3.20. The van der Waals surface area contributed by atoms with Gasteiger partial charge in [0, 0.05) is 12.6 Å². The Balaban J connectivity index is 1.75. The fraction of sp³-hybridized carbons (Fsp3) is 0.800. The molecular weight excluding hydrogens is 192 g/mol. The fourth-order valence-electron chi connectivity index (χ4n) is 1.24. The lowest BCUT2D eigenvalue weighted by Gasteiger charge is -2.03. The standard InChI is InChI=1S/C10H18N4O/c1-7(2)11-6-9-13-14-10(15-9)12-5-8-3-4-8/h7-8,11H,3-6H2,1-2H3,(H,12,14). The molecule has 0 saturated heterocycles. The van der Waals surface area contributed by atoms with Crippen LogP contribution < -0.4 is 10.6 Å². The van der Waals surface area contributed by atoms with E-state index in [1.807, 2.05) is 0 Å². The highest BCUT2D eigenvalue weighted by atomic mass is 16.4. The number of rotatable bonds is 6. The maximum absolute atomic E-state index is 5.42. The van der Waals surface area contributed by atoms with Gasteiger partial charge in [0.05, 0.1) is 6.54 Å². The minimum atomic E-state index is 0.430. The number of anilines is 1.